The van der Waals surface area contributed by atoms with E-state index < -0.39 is 0 Å². The molecule has 2 amide bonds. The van der Waals surface area contributed by atoms with Crippen LogP contribution in [0.1, 0.15) is 51.5 Å². The van der Waals surface area contributed by atoms with E-state index in [9.17, 15) is 4.79 Å². The summed E-state index contributed by atoms with van der Waals surface area (Å²) in [5, 5.41) is 14.7. The number of nitrogens with zero attached hydrogens (tertiary/aromatic N) is 2. The number of hydrogen-bond donors (Lipinski definition) is 3. The van der Waals surface area contributed by atoms with Gasteiger partial charge in [0.25, 0.3) is 0 Å². The highest BCUT2D eigenvalue weighted by molar-refractivity contribution is 6.04. The van der Waals surface area contributed by atoms with Crippen LogP contribution in [0.3, 0.4) is 0 Å². The zero-order chi connectivity index (χ0) is 23.8. The number of benzene rings is 2. The van der Waals surface area contributed by atoms with Gasteiger partial charge in [0.2, 0.25) is 0 Å². The quantitative estimate of drug-likeness (QED) is 0.289. The van der Waals surface area contributed by atoms with Crippen LogP contribution in [0.25, 0.3) is 33.4 Å². The predicted octanol–water partition coefficient (Wildman–Crippen LogP) is 6.50. The second-order valence-corrected chi connectivity index (χ2v) is 9.55. The summed E-state index contributed by atoms with van der Waals surface area (Å²) in [4.78, 5) is 12.3. The Kier molecular flexibility index (Phi) is 5.68. The molecule has 35 heavy (non-hydrogen) atoms. The molecule has 0 unspecified atom stereocenters. The molecule has 0 radical (unpaired) electrons. The van der Waals surface area contributed by atoms with Gasteiger partial charge in [0, 0.05) is 41.0 Å². The van der Waals surface area contributed by atoms with E-state index in [1.165, 1.54) is 23.7 Å². The van der Waals surface area contributed by atoms with E-state index in [0.29, 0.717) is 18.7 Å². The smallest absolute Gasteiger partial charge is 0.319 e. The molecule has 180 valence electrons. The van der Waals surface area contributed by atoms with Gasteiger partial charge in [0.05, 0.1) is 23.5 Å². The van der Waals surface area contributed by atoms with Crippen molar-refractivity contribution < 1.29 is 9.53 Å². The Morgan fingerprint density at radius 3 is 2.51 bits per heavy atom. The molecular formula is C28H31N5O2. The standard InChI is InChI=1S/C28H31N5O2/c1-2-35-22-13-14-23-25(17-22)33(21-7-4-8-21)27(26(23)24-15-16-29-32-24)18-9-11-20(12-10-18)31-28(34)30-19-5-3-6-19/h9-17,19,21H,2-8H2,1H3,(H,29,32)(H2,30,31,34). The van der Waals surface area contributed by atoms with Crippen LogP contribution in [0.15, 0.2) is 54.7 Å². The van der Waals surface area contributed by atoms with Crippen molar-refractivity contribution in [2.24, 2.45) is 0 Å². The lowest BCUT2D eigenvalue weighted by Gasteiger charge is -2.30. The number of anilines is 1. The van der Waals surface area contributed by atoms with Crippen LogP contribution in [-0.4, -0.2) is 33.4 Å². The topological polar surface area (TPSA) is 84.0 Å². The molecule has 0 aliphatic heterocycles. The number of aromatic amines is 1. The van der Waals surface area contributed by atoms with Gasteiger partial charge in [-0.05, 0) is 81.3 Å². The first-order valence-electron chi connectivity index (χ1n) is 12.7. The molecule has 2 aromatic carbocycles. The number of aromatic nitrogens is 3. The fourth-order valence-corrected chi connectivity index (χ4v) is 5.13. The largest absolute Gasteiger partial charge is 0.494 e. The Morgan fingerprint density at radius 2 is 1.89 bits per heavy atom. The predicted molar refractivity (Wildman–Crippen MR) is 139 cm³/mol. The van der Waals surface area contributed by atoms with E-state index in [1.54, 1.807) is 0 Å². The lowest BCUT2D eigenvalue weighted by Crippen LogP contribution is -2.41. The zero-order valence-electron chi connectivity index (χ0n) is 20.0. The molecule has 7 heteroatoms. The highest BCUT2D eigenvalue weighted by Gasteiger charge is 2.29. The Morgan fingerprint density at radius 1 is 1.09 bits per heavy atom. The molecule has 2 aliphatic rings. The molecule has 0 bridgehead atoms. The monoisotopic (exact) mass is 469 g/mol. The fraction of sp³-hybridized carbons (Fsp3) is 0.357. The van der Waals surface area contributed by atoms with Crippen molar-refractivity contribution in [2.45, 2.75) is 57.5 Å². The second-order valence-electron chi connectivity index (χ2n) is 9.55. The third kappa shape index (κ3) is 4.05. The van der Waals surface area contributed by atoms with Gasteiger partial charge in [-0.1, -0.05) is 12.1 Å². The number of H-pyrrole nitrogens is 1. The van der Waals surface area contributed by atoms with Gasteiger partial charge in [-0.2, -0.15) is 5.10 Å². The van der Waals surface area contributed by atoms with E-state index >= 15 is 0 Å². The molecule has 2 aromatic heterocycles. The van der Waals surface area contributed by atoms with Crippen LogP contribution < -0.4 is 15.4 Å². The summed E-state index contributed by atoms with van der Waals surface area (Å²) in [6.45, 7) is 2.65. The van der Waals surface area contributed by atoms with Crippen molar-refractivity contribution in [2.75, 3.05) is 11.9 Å². The molecule has 2 fully saturated rings. The molecule has 2 aliphatic carbocycles. The van der Waals surface area contributed by atoms with Gasteiger partial charge >= 0.3 is 6.03 Å². The maximum Gasteiger partial charge on any atom is 0.319 e. The molecule has 3 N–H and O–H groups in total. The third-order valence-corrected chi connectivity index (χ3v) is 7.34. The summed E-state index contributed by atoms with van der Waals surface area (Å²) in [5.41, 5.74) is 6.28. The minimum Gasteiger partial charge on any atom is -0.494 e. The van der Waals surface area contributed by atoms with Gasteiger partial charge in [-0.25, -0.2) is 4.79 Å². The van der Waals surface area contributed by atoms with E-state index in [2.05, 4.69) is 49.7 Å². The molecule has 7 nitrogen and oxygen atoms in total. The molecular weight excluding hydrogens is 438 g/mol. The summed E-state index contributed by atoms with van der Waals surface area (Å²) in [5.74, 6) is 0.884. The van der Waals surface area contributed by atoms with Crippen LogP contribution in [0.5, 0.6) is 5.75 Å². The van der Waals surface area contributed by atoms with Gasteiger partial charge in [0.1, 0.15) is 5.75 Å². The van der Waals surface area contributed by atoms with Crippen molar-refractivity contribution in [1.82, 2.24) is 20.1 Å². The summed E-state index contributed by atoms with van der Waals surface area (Å²) < 4.78 is 8.34. The van der Waals surface area contributed by atoms with Crippen molar-refractivity contribution in [1.29, 1.82) is 0 Å². The first kappa shape index (κ1) is 21.8. The Labute approximate surface area is 204 Å². The summed E-state index contributed by atoms with van der Waals surface area (Å²) in [7, 11) is 0. The number of fused-ring (bicyclic) bond motifs is 1. The van der Waals surface area contributed by atoms with Crippen molar-refractivity contribution in [3.63, 3.8) is 0 Å². The average Bonchev–Trinajstić information content (AvgIpc) is 3.43. The molecule has 2 heterocycles. The Hall–Kier alpha value is -3.74. The molecule has 4 aromatic rings. The summed E-state index contributed by atoms with van der Waals surface area (Å²) >= 11 is 0. The molecule has 0 saturated heterocycles. The Bertz CT molecular complexity index is 1330. The first-order chi connectivity index (χ1) is 17.2. The number of nitrogens with one attached hydrogen (secondary N) is 3. The van der Waals surface area contributed by atoms with Crippen LogP contribution in [0.4, 0.5) is 10.5 Å². The number of urea groups is 1. The number of carbonyl (C=O) groups excluding carboxylic acids is 1. The number of amides is 2. The lowest BCUT2D eigenvalue weighted by atomic mass is 9.92. The van der Waals surface area contributed by atoms with E-state index in [1.807, 2.05) is 37.4 Å². The summed E-state index contributed by atoms with van der Waals surface area (Å²) in [6.07, 6.45) is 8.77. The van der Waals surface area contributed by atoms with Crippen molar-refractivity contribution in [3.05, 3.63) is 54.7 Å². The van der Waals surface area contributed by atoms with Gasteiger partial charge in [0.15, 0.2) is 0 Å². The number of ether oxygens (including phenoxy) is 1. The zero-order valence-corrected chi connectivity index (χ0v) is 20.0. The highest BCUT2D eigenvalue weighted by Crippen LogP contribution is 2.47. The number of hydrogen-bond acceptors (Lipinski definition) is 3. The minimum atomic E-state index is -0.133. The fourth-order valence-electron chi connectivity index (χ4n) is 5.13. The highest BCUT2D eigenvalue weighted by atomic mass is 16.5. The van der Waals surface area contributed by atoms with E-state index in [0.717, 1.165) is 59.6 Å². The summed E-state index contributed by atoms with van der Waals surface area (Å²) in [6, 6.07) is 17.2. The van der Waals surface area contributed by atoms with Crippen LogP contribution in [-0.2, 0) is 0 Å². The number of rotatable bonds is 7. The van der Waals surface area contributed by atoms with Crippen molar-refractivity contribution >= 4 is 22.6 Å². The molecule has 6 rings (SSSR count). The second kappa shape index (κ2) is 9.13. The van der Waals surface area contributed by atoms with Gasteiger partial charge in [-0.15, -0.1) is 0 Å². The van der Waals surface area contributed by atoms with E-state index in [4.69, 9.17) is 4.74 Å². The van der Waals surface area contributed by atoms with Crippen molar-refractivity contribution in [3.8, 4) is 28.3 Å². The van der Waals surface area contributed by atoms with Gasteiger partial charge in [-0.3, -0.25) is 5.10 Å². The third-order valence-electron chi connectivity index (χ3n) is 7.34. The first-order valence-corrected chi connectivity index (χ1v) is 12.7. The van der Waals surface area contributed by atoms with Crippen LogP contribution in [0.2, 0.25) is 0 Å². The van der Waals surface area contributed by atoms with Gasteiger partial charge < -0.3 is 19.9 Å². The lowest BCUT2D eigenvalue weighted by molar-refractivity contribution is 0.240. The minimum absolute atomic E-state index is 0.133. The Balaban J connectivity index is 1.43. The molecule has 2 saturated carbocycles. The SMILES string of the molecule is CCOc1ccc2c(-c3cc[nH]n3)c(-c3ccc(NC(=O)NC4CCC4)cc3)n(C3CCC3)c2c1. The number of carbonyl (C=O) groups is 1. The molecule has 0 atom stereocenters. The maximum absolute atomic E-state index is 12.3. The van der Waals surface area contributed by atoms with E-state index in [-0.39, 0.29) is 6.03 Å². The van der Waals surface area contributed by atoms with Crippen LogP contribution >= 0.6 is 0 Å². The van der Waals surface area contributed by atoms with Crippen LogP contribution in [0, 0.1) is 0 Å². The molecule has 0 spiro atoms. The maximum atomic E-state index is 12.3. The normalized spacial score (nSPS) is 16.0. The average molecular weight is 470 g/mol.